The minimum atomic E-state index is 0.972. The summed E-state index contributed by atoms with van der Waals surface area (Å²) >= 11 is 0. The van der Waals surface area contributed by atoms with Crippen LogP contribution in [0.4, 0.5) is 0 Å². The molecule has 0 saturated carbocycles. The average Bonchev–Trinajstić information content (AvgIpc) is 2.43. The molecule has 0 aromatic heterocycles. The highest BCUT2D eigenvalue weighted by Gasteiger charge is 2.00. The number of hydrogen-bond donors (Lipinski definition) is 1. The van der Waals surface area contributed by atoms with Gasteiger partial charge in [-0.1, -0.05) is 6.08 Å². The van der Waals surface area contributed by atoms with E-state index in [-0.39, 0.29) is 0 Å². The van der Waals surface area contributed by atoms with E-state index in [0.717, 1.165) is 25.5 Å². The predicted octanol–water partition coefficient (Wildman–Crippen LogP) is 1.23. The summed E-state index contributed by atoms with van der Waals surface area (Å²) in [5.74, 6) is 0. The van der Waals surface area contributed by atoms with Gasteiger partial charge in [-0.25, -0.2) is 0 Å². The van der Waals surface area contributed by atoms with Gasteiger partial charge < -0.3 is 5.11 Å². The molecule has 0 saturated heterocycles. The molecule has 1 aliphatic carbocycles. The van der Waals surface area contributed by atoms with Crippen LogP contribution in [0, 0.1) is 11.3 Å². The van der Waals surface area contributed by atoms with Crippen molar-refractivity contribution in [3.8, 4) is 6.07 Å². The van der Waals surface area contributed by atoms with Crippen molar-refractivity contribution in [2.75, 3.05) is 7.11 Å². The maximum Gasteiger partial charge on any atom is 0.0943 e. The van der Waals surface area contributed by atoms with Gasteiger partial charge >= 0.3 is 0 Å². The van der Waals surface area contributed by atoms with Crippen molar-refractivity contribution < 1.29 is 5.11 Å². The normalized spacial score (nSPS) is 15.0. The van der Waals surface area contributed by atoms with Crippen molar-refractivity contribution >= 4 is 0 Å². The van der Waals surface area contributed by atoms with Gasteiger partial charge in [-0.2, -0.15) is 5.26 Å². The molecule has 0 aliphatic heterocycles. The van der Waals surface area contributed by atoms with E-state index in [0.29, 0.717) is 0 Å². The van der Waals surface area contributed by atoms with Crippen LogP contribution in [0.2, 0.25) is 0 Å². The topological polar surface area (TPSA) is 44.0 Å². The lowest BCUT2D eigenvalue weighted by atomic mass is 10.3. The fraction of sp³-hybridized carbons (Fsp3) is 0.571. The third kappa shape index (κ3) is 2.89. The summed E-state index contributed by atoms with van der Waals surface area (Å²) in [6.07, 6.45) is 5.32. The first-order valence-electron chi connectivity index (χ1n) is 2.97. The van der Waals surface area contributed by atoms with Crippen molar-refractivity contribution in [3.05, 3.63) is 11.6 Å². The zero-order valence-corrected chi connectivity index (χ0v) is 5.59. The van der Waals surface area contributed by atoms with Gasteiger partial charge in [-0.15, -0.1) is 0 Å². The Bertz CT molecular complexity index is 132. The Balaban J connectivity index is 0.000000291. The zero-order chi connectivity index (χ0) is 7.11. The molecule has 1 N–H and O–H groups in total. The lowest BCUT2D eigenvalue weighted by molar-refractivity contribution is 0.399. The highest BCUT2D eigenvalue weighted by molar-refractivity contribution is 5.23. The Morgan fingerprint density at radius 2 is 2.33 bits per heavy atom. The highest BCUT2D eigenvalue weighted by atomic mass is 16.2. The molecule has 50 valence electrons. The van der Waals surface area contributed by atoms with Crippen molar-refractivity contribution in [1.29, 1.82) is 5.26 Å². The van der Waals surface area contributed by atoms with Crippen molar-refractivity contribution in [2.24, 2.45) is 0 Å². The lowest BCUT2D eigenvalue weighted by Gasteiger charge is -1.76. The van der Waals surface area contributed by atoms with Gasteiger partial charge in [-0.3, -0.25) is 0 Å². The second kappa shape index (κ2) is 5.33. The Morgan fingerprint density at radius 3 is 2.56 bits per heavy atom. The van der Waals surface area contributed by atoms with E-state index in [4.69, 9.17) is 10.4 Å². The van der Waals surface area contributed by atoms with Crippen LogP contribution in [-0.2, 0) is 0 Å². The minimum Gasteiger partial charge on any atom is -0.400 e. The quantitative estimate of drug-likeness (QED) is 0.529. The number of nitrogens with zero attached hydrogens (tertiary/aromatic N) is 1. The standard InChI is InChI=1S/C6H7N.CH4O/c7-5-6-3-1-2-4-6;1-2/h3H,1-2,4H2;2H,1H3. The molecule has 0 radical (unpaired) electrons. The lowest BCUT2D eigenvalue weighted by Crippen LogP contribution is -1.64. The number of allylic oxidation sites excluding steroid dienone is 2. The summed E-state index contributed by atoms with van der Waals surface area (Å²) in [5, 5.41) is 15.2. The maximum absolute atomic E-state index is 8.25. The SMILES string of the molecule is CO.N#CC1=CCCC1. The Labute approximate surface area is 55.4 Å². The van der Waals surface area contributed by atoms with Gasteiger partial charge in [0.15, 0.2) is 0 Å². The monoisotopic (exact) mass is 125 g/mol. The number of rotatable bonds is 0. The van der Waals surface area contributed by atoms with Gasteiger partial charge in [0, 0.05) is 12.7 Å². The molecule has 0 aromatic carbocycles. The van der Waals surface area contributed by atoms with E-state index < -0.39 is 0 Å². The fourth-order valence-electron chi connectivity index (χ4n) is 0.772. The number of aliphatic hydroxyl groups excluding tert-OH is 1. The van der Waals surface area contributed by atoms with Gasteiger partial charge in [0.25, 0.3) is 0 Å². The summed E-state index contributed by atoms with van der Waals surface area (Å²) in [6, 6.07) is 2.12. The van der Waals surface area contributed by atoms with Gasteiger partial charge in [0.1, 0.15) is 0 Å². The summed E-state index contributed by atoms with van der Waals surface area (Å²) in [6.45, 7) is 0. The first kappa shape index (κ1) is 8.19. The second-order valence-electron chi connectivity index (χ2n) is 1.73. The van der Waals surface area contributed by atoms with E-state index >= 15 is 0 Å². The summed E-state index contributed by atoms with van der Waals surface area (Å²) in [7, 11) is 1.00. The van der Waals surface area contributed by atoms with Crippen LogP contribution in [0.25, 0.3) is 0 Å². The molecular weight excluding hydrogens is 114 g/mol. The molecule has 2 heteroatoms. The summed E-state index contributed by atoms with van der Waals surface area (Å²) < 4.78 is 0. The van der Waals surface area contributed by atoms with Crippen LogP contribution in [0.5, 0.6) is 0 Å². The third-order valence-electron chi connectivity index (χ3n) is 1.18. The Hall–Kier alpha value is -0.810. The smallest absolute Gasteiger partial charge is 0.0943 e. The minimum absolute atomic E-state index is 0.972. The number of hydrogen-bond acceptors (Lipinski definition) is 2. The van der Waals surface area contributed by atoms with Crippen LogP contribution >= 0.6 is 0 Å². The molecule has 0 heterocycles. The summed E-state index contributed by atoms with van der Waals surface area (Å²) in [5.41, 5.74) is 0.972. The van der Waals surface area contributed by atoms with E-state index in [1.165, 1.54) is 6.42 Å². The molecule has 0 amide bonds. The number of aliphatic hydroxyl groups is 1. The molecule has 2 nitrogen and oxygen atoms in total. The molecular formula is C7H11NO. The molecule has 9 heavy (non-hydrogen) atoms. The third-order valence-corrected chi connectivity index (χ3v) is 1.18. The highest BCUT2D eigenvalue weighted by Crippen LogP contribution is 2.15. The summed E-state index contributed by atoms with van der Waals surface area (Å²) in [4.78, 5) is 0. The zero-order valence-electron chi connectivity index (χ0n) is 5.59. The predicted molar refractivity (Wildman–Crippen MR) is 35.7 cm³/mol. The van der Waals surface area contributed by atoms with E-state index in [9.17, 15) is 0 Å². The average molecular weight is 125 g/mol. The molecule has 0 aromatic rings. The number of nitriles is 1. The maximum atomic E-state index is 8.25. The van der Waals surface area contributed by atoms with Crippen molar-refractivity contribution in [1.82, 2.24) is 0 Å². The first-order valence-corrected chi connectivity index (χ1v) is 2.97. The molecule has 0 atom stereocenters. The second-order valence-corrected chi connectivity index (χ2v) is 1.73. The van der Waals surface area contributed by atoms with Crippen LogP contribution < -0.4 is 0 Å². The molecule has 0 spiro atoms. The molecule has 0 fully saturated rings. The van der Waals surface area contributed by atoms with Gasteiger partial charge in [-0.05, 0) is 19.3 Å². The Kier molecular flexibility index (Phi) is 4.85. The van der Waals surface area contributed by atoms with Crippen LogP contribution in [0.15, 0.2) is 11.6 Å². The van der Waals surface area contributed by atoms with Crippen LogP contribution in [-0.4, -0.2) is 12.2 Å². The molecule has 1 rings (SSSR count). The molecule has 0 unspecified atom stereocenters. The van der Waals surface area contributed by atoms with E-state index in [1.807, 2.05) is 6.08 Å². The fourth-order valence-corrected chi connectivity index (χ4v) is 0.772. The first-order chi connectivity index (χ1) is 4.43. The van der Waals surface area contributed by atoms with Crippen molar-refractivity contribution in [3.63, 3.8) is 0 Å². The largest absolute Gasteiger partial charge is 0.400 e. The Morgan fingerprint density at radius 1 is 1.67 bits per heavy atom. The molecule has 0 bridgehead atoms. The van der Waals surface area contributed by atoms with Crippen LogP contribution in [0.3, 0.4) is 0 Å². The van der Waals surface area contributed by atoms with Crippen molar-refractivity contribution in [2.45, 2.75) is 19.3 Å². The van der Waals surface area contributed by atoms with Gasteiger partial charge in [0.05, 0.1) is 6.07 Å². The van der Waals surface area contributed by atoms with Crippen LogP contribution in [0.1, 0.15) is 19.3 Å². The molecule has 1 aliphatic rings. The van der Waals surface area contributed by atoms with E-state index in [1.54, 1.807) is 0 Å². The van der Waals surface area contributed by atoms with E-state index in [2.05, 4.69) is 6.07 Å². The van der Waals surface area contributed by atoms with Gasteiger partial charge in [0.2, 0.25) is 0 Å².